The number of carbonyl (C=O) groups excluding carboxylic acids is 1. The van der Waals surface area contributed by atoms with Gasteiger partial charge in [-0.2, -0.15) is 0 Å². The van der Waals surface area contributed by atoms with Crippen molar-refractivity contribution in [3.8, 4) is 5.69 Å². The largest absolute Gasteiger partial charge is 0.372 e. The fraction of sp³-hybridized carbons (Fsp3) is 0.400. The average molecular weight is 497 g/mol. The molecule has 1 N–H and O–H groups in total. The number of halogens is 1. The lowest BCUT2D eigenvalue weighted by atomic mass is 10.1. The number of amides is 1. The van der Waals surface area contributed by atoms with Gasteiger partial charge in [-0.25, -0.2) is 0 Å². The van der Waals surface area contributed by atoms with E-state index >= 15 is 0 Å². The van der Waals surface area contributed by atoms with Gasteiger partial charge < -0.3 is 15.1 Å². The van der Waals surface area contributed by atoms with E-state index in [9.17, 15) is 4.79 Å². The second-order valence-electron chi connectivity index (χ2n) is 8.79. The minimum atomic E-state index is -0.0709. The van der Waals surface area contributed by atoms with E-state index in [4.69, 9.17) is 11.6 Å². The first-order valence-corrected chi connectivity index (χ1v) is 13.2. The van der Waals surface area contributed by atoms with Gasteiger partial charge in [0, 0.05) is 37.6 Å². The summed E-state index contributed by atoms with van der Waals surface area (Å²) in [6.07, 6.45) is 4.76. The van der Waals surface area contributed by atoms with Crippen molar-refractivity contribution in [2.75, 3.05) is 47.0 Å². The summed E-state index contributed by atoms with van der Waals surface area (Å²) in [6.45, 7) is 6.14. The molecular weight excluding hydrogens is 468 g/mol. The van der Waals surface area contributed by atoms with Crippen molar-refractivity contribution in [1.82, 2.24) is 14.8 Å². The Morgan fingerprint density at radius 3 is 2.41 bits per heavy atom. The zero-order valence-electron chi connectivity index (χ0n) is 19.3. The van der Waals surface area contributed by atoms with Gasteiger partial charge in [-0.1, -0.05) is 35.5 Å². The molecule has 0 unspecified atom stereocenters. The van der Waals surface area contributed by atoms with Crippen LogP contribution in [0.4, 0.5) is 17.3 Å². The zero-order valence-corrected chi connectivity index (χ0v) is 20.9. The predicted octanol–water partition coefficient (Wildman–Crippen LogP) is 5.16. The highest BCUT2D eigenvalue weighted by Crippen LogP contribution is 2.32. The summed E-state index contributed by atoms with van der Waals surface area (Å²) in [5.74, 6) is 0.941. The quantitative estimate of drug-likeness (QED) is 0.456. The topological polar surface area (TPSA) is 66.3 Å². The lowest BCUT2D eigenvalue weighted by Gasteiger charge is -2.19. The molecule has 3 heterocycles. The van der Waals surface area contributed by atoms with Crippen molar-refractivity contribution in [2.24, 2.45) is 0 Å². The number of rotatable bonds is 7. The van der Waals surface area contributed by atoms with Crippen LogP contribution in [0.25, 0.3) is 5.69 Å². The number of nitrogens with zero attached hydrogens (tertiary/aromatic N) is 5. The molecule has 5 rings (SSSR count). The summed E-state index contributed by atoms with van der Waals surface area (Å²) in [6, 6.07) is 13.9. The van der Waals surface area contributed by atoms with Crippen LogP contribution in [0.5, 0.6) is 0 Å². The van der Waals surface area contributed by atoms with Gasteiger partial charge in [0.05, 0.1) is 16.5 Å². The Balaban J connectivity index is 1.30. The fourth-order valence-electron chi connectivity index (χ4n) is 4.60. The third kappa shape index (κ3) is 4.88. The van der Waals surface area contributed by atoms with Crippen molar-refractivity contribution in [3.05, 3.63) is 53.1 Å². The van der Waals surface area contributed by atoms with Crippen LogP contribution >= 0.6 is 23.4 Å². The van der Waals surface area contributed by atoms with Crippen LogP contribution in [0, 0.1) is 6.92 Å². The summed E-state index contributed by atoms with van der Waals surface area (Å²) in [5, 5.41) is 13.2. The highest BCUT2D eigenvalue weighted by Gasteiger charge is 2.24. The number of carbonyl (C=O) groups is 1. The van der Waals surface area contributed by atoms with Gasteiger partial charge in [0.2, 0.25) is 11.9 Å². The van der Waals surface area contributed by atoms with Gasteiger partial charge in [-0.05, 0) is 68.5 Å². The number of para-hydroxylation sites is 1. The number of aryl methyl sites for hydroxylation is 1. The van der Waals surface area contributed by atoms with E-state index in [1.165, 1.54) is 30.3 Å². The van der Waals surface area contributed by atoms with Crippen molar-refractivity contribution in [2.45, 2.75) is 37.8 Å². The summed E-state index contributed by atoms with van der Waals surface area (Å²) in [7, 11) is 0. The summed E-state index contributed by atoms with van der Waals surface area (Å²) in [4.78, 5) is 17.4. The first-order valence-electron chi connectivity index (χ1n) is 11.8. The molecule has 2 saturated heterocycles. The van der Waals surface area contributed by atoms with Gasteiger partial charge in [0.25, 0.3) is 0 Å². The first-order chi connectivity index (χ1) is 16.6. The summed E-state index contributed by atoms with van der Waals surface area (Å²) < 4.78 is 1.97. The van der Waals surface area contributed by atoms with E-state index < -0.39 is 0 Å². The summed E-state index contributed by atoms with van der Waals surface area (Å²) in [5.41, 5.74) is 3.97. The number of benzene rings is 2. The molecule has 0 bridgehead atoms. The Kier molecular flexibility index (Phi) is 6.97. The van der Waals surface area contributed by atoms with E-state index in [1.54, 1.807) is 0 Å². The minimum absolute atomic E-state index is 0.0709. The maximum absolute atomic E-state index is 12.8. The SMILES string of the molecule is Cc1cc(N2CCCC2)ccc1NC(=O)CSc1nnc(N2CCCC2)n1-c1ccccc1Cl. The molecule has 2 aliphatic heterocycles. The van der Waals surface area contributed by atoms with Crippen LogP contribution in [0.15, 0.2) is 47.6 Å². The number of anilines is 3. The van der Waals surface area contributed by atoms with Crippen LogP contribution in [-0.4, -0.2) is 52.6 Å². The standard InChI is InChI=1S/C25H29ClN6OS/c1-18-16-19(30-12-4-5-13-30)10-11-21(18)27-23(33)17-34-25-29-28-24(31-14-6-7-15-31)32(25)22-9-3-2-8-20(22)26/h2-3,8-11,16H,4-7,12-15,17H2,1H3,(H,27,33). The van der Waals surface area contributed by atoms with Crippen LogP contribution in [0.2, 0.25) is 5.02 Å². The minimum Gasteiger partial charge on any atom is -0.372 e. The second kappa shape index (κ2) is 10.3. The Labute approximate surface area is 209 Å². The third-order valence-corrected chi connectivity index (χ3v) is 7.63. The molecule has 0 aliphatic carbocycles. The van der Waals surface area contributed by atoms with E-state index in [0.29, 0.717) is 10.2 Å². The molecule has 3 aromatic rings. The van der Waals surface area contributed by atoms with E-state index in [1.807, 2.05) is 41.8 Å². The predicted molar refractivity (Wildman–Crippen MR) is 140 cm³/mol. The maximum atomic E-state index is 12.8. The fourth-order valence-corrected chi connectivity index (χ4v) is 5.56. The number of thioether (sulfide) groups is 1. The molecule has 34 heavy (non-hydrogen) atoms. The number of hydrogen-bond donors (Lipinski definition) is 1. The van der Waals surface area contributed by atoms with Gasteiger partial charge in [-0.3, -0.25) is 9.36 Å². The molecule has 0 atom stereocenters. The first kappa shape index (κ1) is 23.1. The molecule has 2 aliphatic rings. The van der Waals surface area contributed by atoms with Crippen molar-refractivity contribution < 1.29 is 4.79 Å². The zero-order chi connectivity index (χ0) is 23.5. The Hall–Kier alpha value is -2.71. The van der Waals surface area contributed by atoms with E-state index in [-0.39, 0.29) is 11.7 Å². The highest BCUT2D eigenvalue weighted by molar-refractivity contribution is 7.99. The third-order valence-electron chi connectivity index (χ3n) is 6.39. The van der Waals surface area contributed by atoms with Gasteiger partial charge in [0.1, 0.15) is 0 Å². The molecule has 9 heteroatoms. The smallest absolute Gasteiger partial charge is 0.234 e. The van der Waals surface area contributed by atoms with Crippen LogP contribution in [-0.2, 0) is 4.79 Å². The highest BCUT2D eigenvalue weighted by atomic mass is 35.5. The molecule has 1 aromatic heterocycles. The molecule has 0 saturated carbocycles. The van der Waals surface area contributed by atoms with Gasteiger partial charge >= 0.3 is 0 Å². The van der Waals surface area contributed by atoms with E-state index in [0.717, 1.165) is 61.9 Å². The molecule has 1 amide bonds. The van der Waals surface area contributed by atoms with Gasteiger partial charge in [0.15, 0.2) is 5.16 Å². The van der Waals surface area contributed by atoms with Crippen LogP contribution < -0.4 is 15.1 Å². The molecule has 2 fully saturated rings. The van der Waals surface area contributed by atoms with Crippen molar-refractivity contribution >= 4 is 46.6 Å². The van der Waals surface area contributed by atoms with Crippen LogP contribution in [0.1, 0.15) is 31.2 Å². The Morgan fingerprint density at radius 1 is 1.00 bits per heavy atom. The molecular formula is C25H29ClN6OS. The van der Waals surface area contributed by atoms with Crippen molar-refractivity contribution in [3.63, 3.8) is 0 Å². The average Bonchev–Trinajstić information content (AvgIpc) is 3.61. The molecule has 178 valence electrons. The molecule has 0 spiro atoms. The maximum Gasteiger partial charge on any atom is 0.234 e. The molecule has 2 aromatic carbocycles. The lowest BCUT2D eigenvalue weighted by molar-refractivity contribution is -0.113. The normalized spacial score (nSPS) is 15.8. The Bertz CT molecular complexity index is 1170. The monoisotopic (exact) mass is 496 g/mol. The van der Waals surface area contributed by atoms with Gasteiger partial charge in [-0.15, -0.1) is 10.2 Å². The number of hydrogen-bond acceptors (Lipinski definition) is 6. The Morgan fingerprint density at radius 2 is 1.71 bits per heavy atom. The number of aromatic nitrogens is 3. The van der Waals surface area contributed by atoms with Crippen molar-refractivity contribution in [1.29, 1.82) is 0 Å². The molecule has 0 radical (unpaired) electrons. The lowest BCUT2D eigenvalue weighted by Crippen LogP contribution is -2.22. The number of nitrogens with one attached hydrogen (secondary N) is 1. The second-order valence-corrected chi connectivity index (χ2v) is 10.1. The molecule has 7 nitrogen and oxygen atoms in total. The summed E-state index contributed by atoms with van der Waals surface area (Å²) >= 11 is 7.90. The van der Waals surface area contributed by atoms with Crippen LogP contribution in [0.3, 0.4) is 0 Å². The van der Waals surface area contributed by atoms with E-state index in [2.05, 4.69) is 37.4 Å².